The van der Waals surface area contributed by atoms with Gasteiger partial charge in [0.05, 0.1) is 6.61 Å². The lowest BCUT2D eigenvalue weighted by Gasteiger charge is -2.27. The molecule has 13 N–H and O–H groups in total. The molecule has 17 heteroatoms. The third-order valence-electron chi connectivity index (χ3n) is 7.80. The number of rotatable bonds is 29. The van der Waals surface area contributed by atoms with Gasteiger partial charge >= 0.3 is 0 Å². The zero-order chi connectivity index (χ0) is 39.0. The maximum atomic E-state index is 13.7. The highest BCUT2D eigenvalue weighted by atomic mass is 16.5. The monoisotopic (exact) mass is 735 g/mol. The fourth-order valence-electron chi connectivity index (χ4n) is 5.12. The molecule has 52 heavy (non-hydrogen) atoms. The number of ether oxygens (including phenoxy) is 1. The third-order valence-corrected chi connectivity index (χ3v) is 7.80. The second kappa shape index (κ2) is 31.5. The number of aliphatic imine (C=N–C) groups is 4. The van der Waals surface area contributed by atoms with Crippen molar-refractivity contribution in [2.24, 2.45) is 42.9 Å². The number of nitrogens with zero attached hydrogens (tertiary/aromatic N) is 5. The van der Waals surface area contributed by atoms with Gasteiger partial charge in [-0.05, 0) is 39.0 Å². The van der Waals surface area contributed by atoms with Gasteiger partial charge in [0.2, 0.25) is 11.8 Å². The average molecular weight is 735 g/mol. The summed E-state index contributed by atoms with van der Waals surface area (Å²) < 4.78 is 5.88. The summed E-state index contributed by atoms with van der Waals surface area (Å²) in [5.74, 6) is -0.106. The van der Waals surface area contributed by atoms with E-state index in [0.29, 0.717) is 82.9 Å². The van der Waals surface area contributed by atoms with Gasteiger partial charge in [-0.2, -0.15) is 0 Å². The maximum absolute atomic E-state index is 13.7. The number of nitrogens with one attached hydrogen (secondary N) is 5. The Bertz CT molecular complexity index is 1160. The lowest BCUT2D eigenvalue weighted by Crippen LogP contribution is -2.51. The highest BCUT2D eigenvalue weighted by molar-refractivity contribution is 6.00. The smallest absolute Gasteiger partial charge is 0.247 e. The summed E-state index contributed by atoms with van der Waals surface area (Å²) in [5.41, 5.74) is 24.4. The van der Waals surface area contributed by atoms with Crippen LogP contribution < -0.4 is 38.9 Å². The Hall–Kier alpha value is -4.28. The van der Waals surface area contributed by atoms with E-state index >= 15 is 0 Å². The summed E-state index contributed by atoms with van der Waals surface area (Å²) in [7, 11) is 1.53. The van der Waals surface area contributed by atoms with E-state index < -0.39 is 6.04 Å². The highest BCUT2D eigenvalue weighted by Crippen LogP contribution is 2.11. The van der Waals surface area contributed by atoms with Gasteiger partial charge in [0.1, 0.15) is 6.04 Å². The number of nitrogens with two attached hydrogens (primary N) is 4. The summed E-state index contributed by atoms with van der Waals surface area (Å²) in [4.78, 5) is 44.0. The van der Waals surface area contributed by atoms with E-state index in [4.69, 9.17) is 38.5 Å². The van der Waals surface area contributed by atoms with Gasteiger partial charge in [-0.15, -0.1) is 0 Å². The van der Waals surface area contributed by atoms with E-state index in [9.17, 15) is 9.59 Å². The molecule has 1 atom stereocenters. The Morgan fingerprint density at radius 3 is 1.67 bits per heavy atom. The molecule has 0 rings (SSSR count). The molecule has 0 aromatic rings. The van der Waals surface area contributed by atoms with Crippen molar-refractivity contribution >= 4 is 47.1 Å². The van der Waals surface area contributed by atoms with Crippen molar-refractivity contribution in [1.29, 1.82) is 10.8 Å². The Morgan fingerprint density at radius 1 is 0.712 bits per heavy atom. The van der Waals surface area contributed by atoms with E-state index in [1.165, 1.54) is 65.3 Å². The predicted octanol–water partition coefficient (Wildman–Crippen LogP) is 2.33. The number of guanidine groups is 4. The topological polar surface area (TPSA) is 284 Å². The van der Waals surface area contributed by atoms with Crippen molar-refractivity contribution in [1.82, 2.24) is 20.9 Å². The van der Waals surface area contributed by atoms with Crippen LogP contribution in [0.2, 0.25) is 0 Å². The molecular weight excluding hydrogens is 664 g/mol. The van der Waals surface area contributed by atoms with E-state index in [1.54, 1.807) is 11.8 Å². The average Bonchev–Trinajstić information content (AvgIpc) is 3.08. The standard InChI is InChI=1S/C35H70N14O3/c1-5-6-7-8-9-10-11-12-13-14-24-52-26-30(46-28(3)50)31(51)49(22-16-20-44-33(39)47-32(38)42-4)23-17-21-45-35(41)48-34(40)43-19-15-18-29(37)25-27(2)36/h30,36-37H,5-26H2,1-4H3,(H,46,50)(H5,38,39,42,44,47)(H5,40,41,43,45,48)/t30-/m1/s1. The molecule has 298 valence electrons. The molecule has 0 aliphatic rings. The van der Waals surface area contributed by atoms with Gasteiger partial charge in [-0.1, -0.05) is 64.7 Å². The third kappa shape index (κ3) is 28.4. The van der Waals surface area contributed by atoms with Crippen LogP contribution in [0.3, 0.4) is 0 Å². The van der Waals surface area contributed by atoms with Gasteiger partial charge < -0.3 is 48.7 Å². The van der Waals surface area contributed by atoms with Gasteiger partial charge in [-0.25, -0.2) is 0 Å². The second-order valence-electron chi connectivity index (χ2n) is 12.9. The van der Waals surface area contributed by atoms with Gasteiger partial charge in [-0.3, -0.25) is 40.2 Å². The molecule has 0 saturated carbocycles. The van der Waals surface area contributed by atoms with Crippen molar-refractivity contribution < 1.29 is 14.3 Å². The summed E-state index contributed by atoms with van der Waals surface area (Å²) in [6.45, 7) is 7.64. The molecule has 17 nitrogen and oxygen atoms in total. The first-order valence-electron chi connectivity index (χ1n) is 18.8. The zero-order valence-electron chi connectivity index (χ0n) is 32.4. The second-order valence-corrected chi connectivity index (χ2v) is 12.9. The number of unbranched alkanes of at least 4 members (excludes halogenated alkanes) is 9. The van der Waals surface area contributed by atoms with Crippen molar-refractivity contribution in [2.75, 3.05) is 53.0 Å². The van der Waals surface area contributed by atoms with Crippen LogP contribution in [0, 0.1) is 10.8 Å². The van der Waals surface area contributed by atoms with E-state index in [-0.39, 0.29) is 42.3 Å². The predicted molar refractivity (Wildman–Crippen MR) is 214 cm³/mol. The van der Waals surface area contributed by atoms with E-state index in [0.717, 1.165) is 12.8 Å². The molecule has 0 aliphatic heterocycles. The molecule has 0 aromatic heterocycles. The molecule has 2 amide bonds. The molecule has 0 heterocycles. The van der Waals surface area contributed by atoms with Crippen LogP contribution in [-0.2, 0) is 14.3 Å². The largest absolute Gasteiger partial charge is 0.379 e. The Kier molecular flexibility index (Phi) is 28.9. The molecule has 0 unspecified atom stereocenters. The van der Waals surface area contributed by atoms with Gasteiger partial charge in [0, 0.05) is 71.1 Å². The van der Waals surface area contributed by atoms with Crippen molar-refractivity contribution in [3.8, 4) is 0 Å². The van der Waals surface area contributed by atoms with Crippen LogP contribution in [0.25, 0.3) is 0 Å². The molecule has 0 aliphatic carbocycles. The minimum atomic E-state index is -0.833. The quantitative estimate of drug-likeness (QED) is 0.0309. The summed E-state index contributed by atoms with van der Waals surface area (Å²) in [6, 6.07) is -0.833. The Labute approximate surface area is 311 Å². The molecule has 0 bridgehead atoms. The van der Waals surface area contributed by atoms with Crippen molar-refractivity contribution in [3.05, 3.63) is 0 Å². The lowest BCUT2D eigenvalue weighted by molar-refractivity contribution is -0.138. The Balaban J connectivity index is 5.12. The van der Waals surface area contributed by atoms with Crippen LogP contribution in [-0.4, -0.2) is 111 Å². The number of carbonyl (C=O) groups is 2. The molecule has 0 aromatic carbocycles. The normalized spacial score (nSPS) is 13.1. The van der Waals surface area contributed by atoms with E-state index in [1.807, 2.05) is 0 Å². The molecule has 0 fully saturated rings. The summed E-state index contributed by atoms with van der Waals surface area (Å²) in [6.07, 6.45) is 14.7. The molecule has 0 radical (unpaired) electrons. The van der Waals surface area contributed by atoms with Crippen LogP contribution in [0.15, 0.2) is 20.0 Å². The van der Waals surface area contributed by atoms with Crippen LogP contribution in [0.5, 0.6) is 0 Å². The first kappa shape index (κ1) is 47.7. The van der Waals surface area contributed by atoms with E-state index in [2.05, 4.69) is 42.8 Å². The van der Waals surface area contributed by atoms with Crippen LogP contribution in [0.1, 0.15) is 117 Å². The fraction of sp³-hybridized carbons (Fsp3) is 0.771. The summed E-state index contributed by atoms with van der Waals surface area (Å²) in [5, 5.41) is 23.5. The fourth-order valence-corrected chi connectivity index (χ4v) is 5.12. The summed E-state index contributed by atoms with van der Waals surface area (Å²) >= 11 is 0. The molecule has 0 spiro atoms. The number of carbonyl (C=O) groups excluding carboxylic acids is 2. The minimum Gasteiger partial charge on any atom is -0.379 e. The van der Waals surface area contributed by atoms with Crippen molar-refractivity contribution in [3.63, 3.8) is 0 Å². The number of hydrogen-bond donors (Lipinski definition) is 9. The first-order valence-corrected chi connectivity index (χ1v) is 18.8. The SMILES string of the molecule is CCCCCCCCCCCCOC[C@@H](NC(C)=O)C(=O)N(CCCN=C(N)NC(N)=NC)CCCN=C(N)NC(N)=NCCCC(=N)CC(C)=N. The first-order chi connectivity index (χ1) is 24.9. The lowest BCUT2D eigenvalue weighted by atomic mass is 10.1. The van der Waals surface area contributed by atoms with Crippen LogP contribution in [0.4, 0.5) is 0 Å². The van der Waals surface area contributed by atoms with Crippen LogP contribution >= 0.6 is 0 Å². The molecular formula is C35H70N14O3. The zero-order valence-corrected chi connectivity index (χ0v) is 32.4. The maximum Gasteiger partial charge on any atom is 0.247 e. The van der Waals surface area contributed by atoms with Gasteiger partial charge in [0.25, 0.3) is 0 Å². The number of amides is 2. The minimum absolute atomic E-state index is 0.0775. The highest BCUT2D eigenvalue weighted by Gasteiger charge is 2.25. The molecule has 0 saturated heterocycles. The Morgan fingerprint density at radius 2 is 1.19 bits per heavy atom. The van der Waals surface area contributed by atoms with Gasteiger partial charge in [0.15, 0.2) is 23.8 Å². The number of hydrogen-bond acceptors (Lipinski definition) is 9. The van der Waals surface area contributed by atoms with Crippen molar-refractivity contribution in [2.45, 2.75) is 123 Å².